The van der Waals surface area contributed by atoms with Crippen molar-refractivity contribution in [3.63, 3.8) is 0 Å². The van der Waals surface area contributed by atoms with Crippen molar-refractivity contribution in [2.24, 2.45) is 5.41 Å². The van der Waals surface area contributed by atoms with Crippen LogP contribution in [0, 0.1) is 5.41 Å². The van der Waals surface area contributed by atoms with Crippen LogP contribution in [-0.2, 0) is 16.1 Å². The van der Waals surface area contributed by atoms with E-state index in [1.807, 2.05) is 23.3 Å². The number of nitrogens with zero attached hydrogens (tertiary/aromatic N) is 2. The Morgan fingerprint density at radius 3 is 2.29 bits per heavy atom. The van der Waals surface area contributed by atoms with Gasteiger partial charge in [0.25, 0.3) is 0 Å². The van der Waals surface area contributed by atoms with Gasteiger partial charge in [0.2, 0.25) is 5.91 Å². The number of aliphatic carboxylic acids is 1. The quantitative estimate of drug-likeness (QED) is 0.755. The molecule has 1 spiro atoms. The molecule has 1 aromatic heterocycles. The van der Waals surface area contributed by atoms with Crippen LogP contribution >= 0.6 is 11.3 Å². The lowest BCUT2D eigenvalue weighted by Crippen LogP contribution is -2.45. The first-order valence-electron chi connectivity index (χ1n) is 9.99. The fraction of sp³-hybridized carbons (Fsp3) is 0.455. The van der Waals surface area contributed by atoms with Crippen LogP contribution in [0.1, 0.15) is 29.2 Å². The third-order valence-electron chi connectivity index (χ3n) is 6.05. The summed E-state index contributed by atoms with van der Waals surface area (Å²) in [7, 11) is 1.96. The average Bonchev–Trinajstić information content (AvgIpc) is 3.33. The van der Waals surface area contributed by atoms with Gasteiger partial charge in [-0.2, -0.15) is 13.2 Å². The highest BCUT2D eigenvalue weighted by atomic mass is 32.1. The molecule has 0 saturated carbocycles. The fourth-order valence-corrected chi connectivity index (χ4v) is 5.21. The molecule has 1 atom stereocenters. The largest absolute Gasteiger partial charge is 0.490 e. The summed E-state index contributed by atoms with van der Waals surface area (Å²) in [5.41, 5.74) is 1.13. The number of hydrogen-bond donors (Lipinski definition) is 1. The van der Waals surface area contributed by atoms with Crippen molar-refractivity contribution in [3.8, 4) is 0 Å². The number of carbonyl (C=O) groups excluding carboxylic acids is 1. The Morgan fingerprint density at radius 2 is 1.77 bits per heavy atom. The second-order valence-corrected chi connectivity index (χ2v) is 9.00. The van der Waals surface area contributed by atoms with E-state index >= 15 is 0 Å². The number of amides is 1. The van der Waals surface area contributed by atoms with Gasteiger partial charge >= 0.3 is 12.1 Å². The standard InChI is InChI=1S/C20H24N2OS.C2HF3O2/c1-21-15-18(16-6-3-2-4-7-16)20(19(21)23)9-11-22(12-10-20)14-17-8-5-13-24-17;3-2(4,5)1(6)7/h2-8,13,18H,9-12,14-15H2,1H3;(H,6,7). The van der Waals surface area contributed by atoms with Crippen molar-refractivity contribution in [1.29, 1.82) is 0 Å². The van der Waals surface area contributed by atoms with Crippen LogP contribution in [0.5, 0.6) is 0 Å². The number of benzene rings is 1. The number of likely N-dealkylation sites (tertiary alicyclic amines) is 2. The second-order valence-electron chi connectivity index (χ2n) is 7.96. The van der Waals surface area contributed by atoms with Crippen LogP contribution in [0.25, 0.3) is 0 Å². The molecule has 1 aromatic carbocycles. The van der Waals surface area contributed by atoms with Gasteiger partial charge in [0.15, 0.2) is 0 Å². The average molecular weight is 455 g/mol. The van der Waals surface area contributed by atoms with E-state index in [1.54, 1.807) is 0 Å². The molecule has 2 aliphatic rings. The van der Waals surface area contributed by atoms with E-state index < -0.39 is 12.1 Å². The number of hydrogen-bond acceptors (Lipinski definition) is 4. The molecule has 9 heteroatoms. The molecule has 0 bridgehead atoms. The molecule has 0 aliphatic carbocycles. The molecular formula is C22H25F3N2O3S. The normalized spacial score (nSPS) is 21.1. The zero-order chi connectivity index (χ0) is 22.6. The summed E-state index contributed by atoms with van der Waals surface area (Å²) in [6.45, 7) is 3.91. The molecular weight excluding hydrogens is 429 g/mol. The van der Waals surface area contributed by atoms with Crippen LogP contribution in [0.3, 0.4) is 0 Å². The van der Waals surface area contributed by atoms with Crippen LogP contribution in [0.4, 0.5) is 13.2 Å². The molecule has 5 nitrogen and oxygen atoms in total. The summed E-state index contributed by atoms with van der Waals surface area (Å²) in [6, 6.07) is 15.0. The van der Waals surface area contributed by atoms with E-state index in [4.69, 9.17) is 9.90 Å². The highest BCUT2D eigenvalue weighted by molar-refractivity contribution is 7.09. The van der Waals surface area contributed by atoms with Crippen molar-refractivity contribution in [1.82, 2.24) is 9.80 Å². The number of rotatable bonds is 3. The molecule has 2 aliphatic heterocycles. The molecule has 31 heavy (non-hydrogen) atoms. The lowest BCUT2D eigenvalue weighted by molar-refractivity contribution is -0.192. The van der Waals surface area contributed by atoms with Gasteiger partial charge in [-0.3, -0.25) is 9.69 Å². The van der Waals surface area contributed by atoms with Crippen molar-refractivity contribution < 1.29 is 27.9 Å². The van der Waals surface area contributed by atoms with Crippen LogP contribution < -0.4 is 0 Å². The van der Waals surface area contributed by atoms with Crippen molar-refractivity contribution in [2.75, 3.05) is 26.7 Å². The number of alkyl halides is 3. The molecule has 1 amide bonds. The predicted molar refractivity (Wildman–Crippen MR) is 112 cm³/mol. The van der Waals surface area contributed by atoms with E-state index in [0.29, 0.717) is 11.8 Å². The monoisotopic (exact) mass is 454 g/mol. The topological polar surface area (TPSA) is 60.9 Å². The van der Waals surface area contributed by atoms with Crippen molar-refractivity contribution in [3.05, 3.63) is 58.3 Å². The fourth-order valence-electron chi connectivity index (χ4n) is 4.47. The molecule has 2 fully saturated rings. The SMILES string of the molecule is CN1CC(c2ccccc2)C2(CCN(Cc3cccs3)CC2)C1=O.O=C(O)C(F)(F)F. The maximum atomic E-state index is 13.0. The number of carboxylic acid groups (broad SMARTS) is 1. The van der Waals surface area contributed by atoms with Gasteiger partial charge in [-0.25, -0.2) is 4.79 Å². The Labute approximate surface area is 183 Å². The van der Waals surface area contributed by atoms with Crippen LogP contribution in [0.2, 0.25) is 0 Å². The number of thiophene rings is 1. The number of halogens is 3. The molecule has 4 rings (SSSR count). The second kappa shape index (κ2) is 9.40. The summed E-state index contributed by atoms with van der Waals surface area (Å²) in [5, 5.41) is 9.27. The molecule has 3 heterocycles. The third kappa shape index (κ3) is 5.27. The predicted octanol–water partition coefficient (Wildman–Crippen LogP) is 4.22. The van der Waals surface area contributed by atoms with Crippen molar-refractivity contribution >= 4 is 23.2 Å². The van der Waals surface area contributed by atoms with Gasteiger partial charge in [-0.15, -0.1) is 11.3 Å². The summed E-state index contributed by atoms with van der Waals surface area (Å²) in [4.78, 5) is 27.8. The highest BCUT2D eigenvalue weighted by Gasteiger charge is 2.54. The molecule has 0 radical (unpaired) electrons. The lowest BCUT2D eigenvalue weighted by atomic mass is 9.68. The Hall–Kier alpha value is -2.39. The van der Waals surface area contributed by atoms with Gasteiger partial charge < -0.3 is 10.0 Å². The van der Waals surface area contributed by atoms with Gasteiger partial charge in [0, 0.05) is 30.9 Å². The molecule has 2 saturated heterocycles. The van der Waals surface area contributed by atoms with Gasteiger partial charge in [-0.05, 0) is 42.9 Å². The molecule has 2 aromatic rings. The van der Waals surface area contributed by atoms with Gasteiger partial charge in [0.05, 0.1) is 5.41 Å². The number of likely N-dealkylation sites (N-methyl/N-ethyl adjacent to an activating group) is 1. The summed E-state index contributed by atoms with van der Waals surface area (Å²) >= 11 is 1.82. The Balaban J connectivity index is 0.000000339. The zero-order valence-corrected chi connectivity index (χ0v) is 18.0. The lowest BCUT2D eigenvalue weighted by Gasteiger charge is -2.41. The number of carbonyl (C=O) groups is 2. The Kier molecular flexibility index (Phi) is 7.06. The molecule has 168 valence electrons. The Morgan fingerprint density at radius 1 is 1.16 bits per heavy atom. The first-order chi connectivity index (χ1) is 14.6. The van der Waals surface area contributed by atoms with Gasteiger partial charge in [-0.1, -0.05) is 36.4 Å². The minimum Gasteiger partial charge on any atom is -0.475 e. The highest BCUT2D eigenvalue weighted by Crippen LogP contribution is 2.50. The van der Waals surface area contributed by atoms with Gasteiger partial charge in [0.1, 0.15) is 0 Å². The minimum atomic E-state index is -5.08. The summed E-state index contributed by atoms with van der Waals surface area (Å²) in [5.74, 6) is -2.07. The number of piperidine rings is 1. The molecule has 1 N–H and O–H groups in total. The maximum absolute atomic E-state index is 13.0. The first-order valence-corrected chi connectivity index (χ1v) is 10.9. The smallest absolute Gasteiger partial charge is 0.475 e. The summed E-state index contributed by atoms with van der Waals surface area (Å²) < 4.78 is 31.7. The van der Waals surface area contributed by atoms with E-state index in [9.17, 15) is 18.0 Å². The summed E-state index contributed by atoms with van der Waals surface area (Å²) in [6.07, 6.45) is -3.14. The number of carboxylic acids is 1. The maximum Gasteiger partial charge on any atom is 0.490 e. The van der Waals surface area contributed by atoms with E-state index in [2.05, 4.69) is 52.7 Å². The first kappa shape index (κ1) is 23.3. The third-order valence-corrected chi connectivity index (χ3v) is 6.91. The van der Waals surface area contributed by atoms with Crippen LogP contribution in [-0.4, -0.2) is 59.6 Å². The Bertz CT molecular complexity index is 879. The molecule has 1 unspecified atom stereocenters. The minimum absolute atomic E-state index is 0.192. The van der Waals surface area contributed by atoms with Crippen molar-refractivity contribution in [2.45, 2.75) is 31.5 Å². The zero-order valence-electron chi connectivity index (χ0n) is 17.1. The van der Waals surface area contributed by atoms with E-state index in [0.717, 1.165) is 39.0 Å². The van der Waals surface area contributed by atoms with Crippen LogP contribution in [0.15, 0.2) is 47.8 Å². The van der Waals surface area contributed by atoms with E-state index in [1.165, 1.54) is 10.4 Å². The van der Waals surface area contributed by atoms with E-state index in [-0.39, 0.29) is 5.41 Å².